The lowest BCUT2D eigenvalue weighted by Crippen LogP contribution is -2.16. The lowest BCUT2D eigenvalue weighted by atomic mass is 10.0. The van der Waals surface area contributed by atoms with Gasteiger partial charge in [-0.05, 0) is 46.3 Å². The van der Waals surface area contributed by atoms with Crippen LogP contribution in [0.2, 0.25) is 0 Å². The van der Waals surface area contributed by atoms with E-state index in [1.807, 2.05) is 0 Å². The molecule has 0 saturated heterocycles. The molecule has 1 rings (SSSR count). The summed E-state index contributed by atoms with van der Waals surface area (Å²) in [6, 6.07) is 0.309. The van der Waals surface area contributed by atoms with E-state index in [-0.39, 0.29) is 6.07 Å². The van der Waals surface area contributed by atoms with Crippen molar-refractivity contribution in [3.63, 3.8) is 0 Å². The predicted octanol–water partition coefficient (Wildman–Crippen LogP) is 4.71. The van der Waals surface area contributed by atoms with Crippen LogP contribution >= 0.6 is 34.2 Å². The molecule has 0 unspecified atom stereocenters. The largest absolute Gasteiger partial charge is 0.417 e. The van der Waals surface area contributed by atoms with Crippen LogP contribution in [0.25, 0.3) is 0 Å². The van der Waals surface area contributed by atoms with Crippen molar-refractivity contribution in [3.8, 4) is 0 Å². The number of benzene rings is 1. The van der Waals surface area contributed by atoms with Gasteiger partial charge in [-0.3, -0.25) is 4.79 Å². The zero-order chi connectivity index (χ0) is 14.3. The number of hydrogen-bond donors (Lipinski definition) is 0. The fraction of sp³-hybridized carbons (Fsp3) is 0.222. The summed E-state index contributed by atoms with van der Waals surface area (Å²) in [5.41, 5.74) is -4.15. The van der Waals surface area contributed by atoms with Crippen LogP contribution in [0.4, 0.5) is 26.3 Å². The average molecular weight is 402 g/mol. The molecule has 0 spiro atoms. The summed E-state index contributed by atoms with van der Waals surface area (Å²) < 4.78 is 74.4. The van der Waals surface area contributed by atoms with Crippen molar-refractivity contribution in [1.29, 1.82) is 0 Å². The molecule has 0 heterocycles. The lowest BCUT2D eigenvalue weighted by molar-refractivity contribution is -0.143. The molecule has 1 nitrogen and oxygen atoms in total. The van der Waals surface area contributed by atoms with Crippen molar-refractivity contribution in [2.75, 3.05) is 0 Å². The maximum atomic E-state index is 12.6. The van der Waals surface area contributed by atoms with Gasteiger partial charge < -0.3 is 0 Å². The van der Waals surface area contributed by atoms with Gasteiger partial charge in [-0.1, -0.05) is 0 Å². The third-order valence-corrected chi connectivity index (χ3v) is 2.96. The molecule has 0 aliphatic rings. The molecular formula is C9H2ClF6IO. The summed E-state index contributed by atoms with van der Waals surface area (Å²) in [6.45, 7) is 0. The quantitative estimate of drug-likeness (QED) is 0.378. The van der Waals surface area contributed by atoms with Gasteiger partial charge in [0.15, 0.2) is 0 Å². The molecule has 0 N–H and O–H groups in total. The van der Waals surface area contributed by atoms with Crippen molar-refractivity contribution >= 4 is 39.4 Å². The van der Waals surface area contributed by atoms with Gasteiger partial charge in [0, 0.05) is 3.57 Å². The van der Waals surface area contributed by atoms with Crippen molar-refractivity contribution < 1.29 is 31.1 Å². The Hall–Kier alpha value is -0.510. The molecule has 0 radical (unpaired) electrons. The van der Waals surface area contributed by atoms with Crippen LogP contribution in [-0.4, -0.2) is 5.24 Å². The van der Waals surface area contributed by atoms with Crippen LogP contribution in [0.1, 0.15) is 21.5 Å². The van der Waals surface area contributed by atoms with Crippen molar-refractivity contribution in [2.45, 2.75) is 12.4 Å². The van der Waals surface area contributed by atoms with Gasteiger partial charge >= 0.3 is 12.4 Å². The minimum absolute atomic E-state index is 0.127. The molecule has 0 aliphatic heterocycles. The molecule has 0 fully saturated rings. The van der Waals surface area contributed by atoms with Crippen LogP contribution in [0, 0.1) is 3.57 Å². The molecule has 9 heteroatoms. The van der Waals surface area contributed by atoms with Crippen molar-refractivity contribution in [3.05, 3.63) is 32.4 Å². The van der Waals surface area contributed by atoms with Crippen LogP contribution in [0.15, 0.2) is 12.1 Å². The second-order valence-electron chi connectivity index (χ2n) is 3.15. The first-order chi connectivity index (χ1) is 7.94. The van der Waals surface area contributed by atoms with Gasteiger partial charge in [0.25, 0.3) is 5.24 Å². The molecule has 0 bridgehead atoms. The molecular weight excluding hydrogens is 400 g/mol. The van der Waals surface area contributed by atoms with Gasteiger partial charge in [0.1, 0.15) is 0 Å². The summed E-state index contributed by atoms with van der Waals surface area (Å²) in [5, 5.41) is -1.46. The van der Waals surface area contributed by atoms with Crippen molar-refractivity contribution in [2.24, 2.45) is 0 Å². The van der Waals surface area contributed by atoms with Crippen LogP contribution in [0.3, 0.4) is 0 Å². The van der Waals surface area contributed by atoms with Crippen molar-refractivity contribution in [1.82, 2.24) is 0 Å². The molecule has 0 aliphatic carbocycles. The number of alkyl halides is 6. The number of carbonyl (C=O) groups is 1. The van der Waals surface area contributed by atoms with E-state index in [1.54, 1.807) is 0 Å². The number of halogens is 8. The predicted molar refractivity (Wildman–Crippen MR) is 59.3 cm³/mol. The first kappa shape index (κ1) is 15.5. The average Bonchev–Trinajstić information content (AvgIpc) is 2.12. The lowest BCUT2D eigenvalue weighted by Gasteiger charge is -2.15. The van der Waals surface area contributed by atoms with E-state index in [0.717, 1.165) is 0 Å². The Labute approximate surface area is 115 Å². The van der Waals surface area contributed by atoms with Gasteiger partial charge in [0.05, 0.1) is 16.7 Å². The Morgan fingerprint density at radius 2 is 1.56 bits per heavy atom. The summed E-state index contributed by atoms with van der Waals surface area (Å²) in [5.74, 6) is 0. The zero-order valence-corrected chi connectivity index (χ0v) is 11.0. The Morgan fingerprint density at radius 3 is 1.89 bits per heavy atom. The molecule has 0 aromatic heterocycles. The van der Waals surface area contributed by atoms with Gasteiger partial charge in [-0.25, -0.2) is 0 Å². The molecule has 1 aromatic carbocycles. The Morgan fingerprint density at radius 1 is 1.06 bits per heavy atom. The van der Waals surface area contributed by atoms with Crippen LogP contribution in [0.5, 0.6) is 0 Å². The molecule has 1 aromatic rings. The second-order valence-corrected chi connectivity index (χ2v) is 4.66. The smallest absolute Gasteiger partial charge is 0.276 e. The fourth-order valence-electron chi connectivity index (χ4n) is 1.19. The topological polar surface area (TPSA) is 17.1 Å². The van der Waals surface area contributed by atoms with E-state index in [4.69, 9.17) is 11.6 Å². The van der Waals surface area contributed by atoms with E-state index in [9.17, 15) is 31.1 Å². The van der Waals surface area contributed by atoms with Crippen LogP contribution in [-0.2, 0) is 12.4 Å². The zero-order valence-electron chi connectivity index (χ0n) is 8.09. The molecule has 0 amide bonds. The van der Waals surface area contributed by atoms with E-state index in [0.29, 0.717) is 6.07 Å². The highest BCUT2D eigenvalue weighted by atomic mass is 127. The highest BCUT2D eigenvalue weighted by Gasteiger charge is 2.40. The Bertz CT molecular complexity index is 493. The number of rotatable bonds is 1. The standard InChI is InChI=1S/C9H2ClF6IO/c10-7(18)6-4(9(14,15)16)1-3(2-5(6)17)8(11,12)13/h1-2H. The maximum absolute atomic E-state index is 12.6. The highest BCUT2D eigenvalue weighted by Crippen LogP contribution is 2.39. The first-order valence-electron chi connectivity index (χ1n) is 4.12. The molecule has 18 heavy (non-hydrogen) atoms. The second kappa shape index (κ2) is 4.87. The van der Waals surface area contributed by atoms with E-state index < -0.39 is 37.9 Å². The highest BCUT2D eigenvalue weighted by molar-refractivity contribution is 14.1. The normalized spacial score (nSPS) is 12.7. The third-order valence-electron chi connectivity index (χ3n) is 1.92. The Balaban J connectivity index is 3.64. The van der Waals surface area contributed by atoms with E-state index >= 15 is 0 Å². The summed E-state index contributed by atoms with van der Waals surface area (Å²) in [4.78, 5) is 10.9. The SMILES string of the molecule is O=C(Cl)c1c(I)cc(C(F)(F)F)cc1C(F)(F)F. The molecule has 0 atom stereocenters. The Kier molecular flexibility index (Phi) is 4.21. The third kappa shape index (κ3) is 3.28. The van der Waals surface area contributed by atoms with E-state index in [1.165, 1.54) is 22.6 Å². The van der Waals surface area contributed by atoms with Gasteiger partial charge in [-0.2, -0.15) is 26.3 Å². The fourth-order valence-corrected chi connectivity index (χ4v) is 2.43. The van der Waals surface area contributed by atoms with Gasteiger partial charge in [-0.15, -0.1) is 0 Å². The summed E-state index contributed by atoms with van der Waals surface area (Å²) >= 11 is 6.16. The summed E-state index contributed by atoms with van der Waals surface area (Å²) in [7, 11) is 0. The van der Waals surface area contributed by atoms with E-state index in [2.05, 4.69) is 0 Å². The van der Waals surface area contributed by atoms with Crippen LogP contribution < -0.4 is 0 Å². The summed E-state index contributed by atoms with van der Waals surface area (Å²) in [6.07, 6.45) is -10.0. The van der Waals surface area contributed by atoms with Gasteiger partial charge in [0.2, 0.25) is 0 Å². The first-order valence-corrected chi connectivity index (χ1v) is 5.58. The number of hydrogen-bond acceptors (Lipinski definition) is 1. The minimum atomic E-state index is -5.10. The molecule has 0 saturated carbocycles. The monoisotopic (exact) mass is 402 g/mol. The maximum Gasteiger partial charge on any atom is 0.417 e. The minimum Gasteiger partial charge on any atom is -0.276 e. The molecule has 100 valence electrons. The number of carbonyl (C=O) groups excluding carboxylic acids is 1.